The third kappa shape index (κ3) is 20.6. The van der Waals surface area contributed by atoms with E-state index >= 15 is 0 Å². The summed E-state index contributed by atoms with van der Waals surface area (Å²) in [5, 5.41) is 8.70. The number of esters is 3. The quantitative estimate of drug-likeness (QED) is 0.00560. The molecule has 0 saturated carbocycles. The van der Waals surface area contributed by atoms with Crippen molar-refractivity contribution in [2.75, 3.05) is 20.1 Å². The smallest absolute Gasteiger partial charge is 0.474 e. The molecule has 4 N–H and O–H groups in total. The second kappa shape index (κ2) is 32.6. The van der Waals surface area contributed by atoms with E-state index in [2.05, 4.69) is 16.0 Å². The van der Waals surface area contributed by atoms with Crippen molar-refractivity contribution in [1.29, 1.82) is 0 Å². The van der Waals surface area contributed by atoms with Crippen LogP contribution in [0, 0.1) is 5.92 Å². The maximum atomic E-state index is 14.2. The molecule has 1 heterocycles. The Bertz CT molecular complexity index is 3020. The van der Waals surface area contributed by atoms with E-state index < -0.39 is 81.3 Å². The van der Waals surface area contributed by atoms with Crippen molar-refractivity contribution >= 4 is 49.9 Å². The number of amides is 4. The van der Waals surface area contributed by atoms with E-state index in [-0.39, 0.29) is 67.9 Å². The van der Waals surface area contributed by atoms with E-state index in [4.69, 9.17) is 37.2 Å². The molecule has 0 aliphatic rings. The van der Waals surface area contributed by atoms with E-state index in [0.29, 0.717) is 35.9 Å². The molecule has 6 rings (SSSR count). The van der Waals surface area contributed by atoms with Gasteiger partial charge in [-0.05, 0) is 59.4 Å². The zero-order chi connectivity index (χ0) is 57.8. The number of rotatable bonds is 34. The average molecular weight is 1130 g/mol. The molecule has 22 heteroatoms. The van der Waals surface area contributed by atoms with Crippen molar-refractivity contribution in [3.63, 3.8) is 0 Å². The van der Waals surface area contributed by atoms with Gasteiger partial charge in [0.05, 0.1) is 37.2 Å². The predicted octanol–water partition coefficient (Wildman–Crippen LogP) is 8.50. The normalized spacial score (nSPS) is 12.8. The van der Waals surface area contributed by atoms with Gasteiger partial charge in [-0.25, -0.2) is 24.1 Å². The fourth-order valence-electron chi connectivity index (χ4n) is 8.04. The first-order valence-electron chi connectivity index (χ1n) is 26.1. The Morgan fingerprint density at radius 2 is 1.25 bits per heavy atom. The van der Waals surface area contributed by atoms with Crippen LogP contribution in [0.15, 0.2) is 156 Å². The number of nitrogens with one attached hydrogen (secondary N) is 3. The number of unbranched alkanes of at least 4 members (excludes halogenated alkanes) is 2. The fraction of sp³-hybridized carbons (Fsp3) is 0.305. The summed E-state index contributed by atoms with van der Waals surface area (Å²) >= 11 is 0. The highest BCUT2D eigenvalue weighted by Gasteiger charge is 2.33. The molecular weight excluding hydrogens is 1070 g/mol. The molecular formula is C59H65N4O17P. The summed E-state index contributed by atoms with van der Waals surface area (Å²) in [6, 6.07) is 39.9. The molecule has 0 radical (unpaired) electrons. The topological polar surface area (TPSA) is 274 Å². The number of carbonyl (C=O) groups is 7. The van der Waals surface area contributed by atoms with Crippen LogP contribution in [-0.2, 0) is 83.1 Å². The largest absolute Gasteiger partial charge is 0.481 e. The van der Waals surface area contributed by atoms with E-state index in [1.807, 2.05) is 19.1 Å². The van der Waals surface area contributed by atoms with Crippen LogP contribution in [0.1, 0.15) is 95.5 Å². The Morgan fingerprint density at radius 3 is 1.83 bits per heavy atom. The van der Waals surface area contributed by atoms with E-state index in [9.17, 15) is 43.0 Å². The first-order chi connectivity index (χ1) is 39.2. The SMILES string of the molecule is CCCCC[C@@H](C(=O)NCNC(=O)c1ccc(-c2ccc(C(=O)N[C@@H](CC(=O)OCc3ccccc3)C(=O)OCc3ccccc3)c(OCC(=O)OCc3ccccc3)c2)o1)[C@@H](CC)N(C=O)OCOP(=O)(O)OCc1ccccc1. The Balaban J connectivity index is 1.13. The average Bonchev–Trinajstić information content (AvgIpc) is 3.99. The monoisotopic (exact) mass is 1130 g/mol. The molecule has 0 aliphatic heterocycles. The number of hydrogen-bond acceptors (Lipinski definition) is 16. The number of nitrogens with zero attached hydrogens (tertiary/aromatic N) is 1. The Morgan fingerprint density at radius 1 is 0.667 bits per heavy atom. The van der Waals surface area contributed by atoms with Gasteiger partial charge in [-0.1, -0.05) is 161 Å². The molecule has 4 atom stereocenters. The van der Waals surface area contributed by atoms with Crippen LogP contribution in [0.4, 0.5) is 0 Å². The summed E-state index contributed by atoms with van der Waals surface area (Å²) in [7, 11) is -4.60. The molecule has 428 valence electrons. The van der Waals surface area contributed by atoms with Gasteiger partial charge in [-0.3, -0.25) is 33.0 Å². The molecule has 1 aromatic heterocycles. The number of carbonyl (C=O) groups excluding carboxylic acids is 7. The third-order valence-corrected chi connectivity index (χ3v) is 13.2. The highest BCUT2D eigenvalue weighted by Crippen LogP contribution is 2.44. The van der Waals surface area contributed by atoms with Crippen LogP contribution in [0.3, 0.4) is 0 Å². The Labute approximate surface area is 468 Å². The summed E-state index contributed by atoms with van der Waals surface area (Å²) in [5.41, 5.74) is 2.82. The summed E-state index contributed by atoms with van der Waals surface area (Å²) in [4.78, 5) is 109. The standard InChI is InChI=1S/C59H65N4O17P/c1-3-5-10-27-47(50(4-2)63(40-64)77-41-79-81(71,72)78-37-45-25-17-9-18-26-45)56(67)60-39-61-58(69)52-31-30-51(80-52)46-28-29-48(53(32-46)73-38-55(66)75-35-43-21-13-7-14-22-43)57(68)62-49(59(70)76-36-44-23-15-8-16-24-44)33-54(65)74-34-42-19-11-6-12-20-42/h6-9,11-26,28-32,40,47,49-50H,3-5,10,27,33-39,41H2,1-2H3,(H,60,67)(H,61,69)(H,62,68)(H,71,72)/t47-,49+,50-/m1/s1. The number of benzene rings is 5. The van der Waals surface area contributed by atoms with Gasteiger partial charge < -0.3 is 44.2 Å². The molecule has 0 fully saturated rings. The predicted molar refractivity (Wildman–Crippen MR) is 292 cm³/mol. The Hall–Kier alpha value is -8.46. The van der Waals surface area contributed by atoms with Gasteiger partial charge in [-0.2, -0.15) is 0 Å². The van der Waals surface area contributed by atoms with Crippen LogP contribution in [0.25, 0.3) is 11.3 Å². The molecule has 0 bridgehead atoms. The summed E-state index contributed by atoms with van der Waals surface area (Å²) in [6.07, 6.45) is 2.54. The minimum absolute atomic E-state index is 0.0579. The summed E-state index contributed by atoms with van der Waals surface area (Å²) < 4.78 is 50.7. The third-order valence-electron chi connectivity index (χ3n) is 12.3. The summed E-state index contributed by atoms with van der Waals surface area (Å²) in [5.74, 6) is -5.70. The molecule has 4 amide bonds. The zero-order valence-electron chi connectivity index (χ0n) is 44.8. The molecule has 5 aromatic carbocycles. The molecule has 1 unspecified atom stereocenters. The number of hydrogen-bond donors (Lipinski definition) is 4. The van der Waals surface area contributed by atoms with Crippen molar-refractivity contribution in [3.8, 4) is 17.1 Å². The van der Waals surface area contributed by atoms with Crippen molar-refractivity contribution in [3.05, 3.63) is 185 Å². The van der Waals surface area contributed by atoms with Crippen LogP contribution < -0.4 is 20.7 Å². The lowest BCUT2D eigenvalue weighted by atomic mass is 9.90. The van der Waals surface area contributed by atoms with Crippen LogP contribution in [0.5, 0.6) is 5.75 Å². The molecule has 6 aromatic rings. The summed E-state index contributed by atoms with van der Waals surface area (Å²) in [6.45, 7) is 1.34. The lowest BCUT2D eigenvalue weighted by Crippen LogP contribution is -2.48. The molecule has 0 saturated heterocycles. The van der Waals surface area contributed by atoms with Crippen molar-refractivity contribution in [1.82, 2.24) is 21.0 Å². The van der Waals surface area contributed by atoms with Gasteiger partial charge in [0.25, 0.3) is 11.8 Å². The van der Waals surface area contributed by atoms with Gasteiger partial charge >= 0.3 is 25.7 Å². The van der Waals surface area contributed by atoms with Crippen LogP contribution in [0.2, 0.25) is 0 Å². The van der Waals surface area contributed by atoms with Gasteiger partial charge in [0.1, 0.15) is 37.4 Å². The Kier molecular flexibility index (Phi) is 24.8. The van der Waals surface area contributed by atoms with Gasteiger partial charge in [-0.15, -0.1) is 0 Å². The second-order valence-electron chi connectivity index (χ2n) is 18.2. The first kappa shape index (κ1) is 61.7. The zero-order valence-corrected chi connectivity index (χ0v) is 45.7. The van der Waals surface area contributed by atoms with E-state index in [1.165, 1.54) is 30.3 Å². The molecule has 0 aliphatic carbocycles. The lowest BCUT2D eigenvalue weighted by molar-refractivity contribution is -0.221. The van der Waals surface area contributed by atoms with Crippen molar-refractivity contribution in [2.24, 2.45) is 5.92 Å². The van der Waals surface area contributed by atoms with Crippen LogP contribution in [-0.4, -0.2) is 84.1 Å². The minimum atomic E-state index is -4.60. The maximum absolute atomic E-state index is 14.2. The number of hydroxylamine groups is 2. The van der Waals surface area contributed by atoms with Crippen molar-refractivity contribution in [2.45, 2.75) is 90.9 Å². The first-order valence-corrected chi connectivity index (χ1v) is 27.6. The second-order valence-corrected chi connectivity index (χ2v) is 19.6. The van der Waals surface area contributed by atoms with Crippen LogP contribution >= 0.6 is 7.82 Å². The highest BCUT2D eigenvalue weighted by atomic mass is 31.2. The maximum Gasteiger partial charge on any atom is 0.474 e. The lowest BCUT2D eigenvalue weighted by Gasteiger charge is -2.32. The minimum Gasteiger partial charge on any atom is -0.481 e. The number of furan rings is 1. The number of phosphoric acid groups is 1. The molecule has 81 heavy (non-hydrogen) atoms. The molecule has 21 nitrogen and oxygen atoms in total. The number of phosphoric ester groups is 1. The highest BCUT2D eigenvalue weighted by molar-refractivity contribution is 7.47. The van der Waals surface area contributed by atoms with E-state index in [1.54, 1.807) is 116 Å². The molecule has 0 spiro atoms. The number of ether oxygens (including phenoxy) is 4. The van der Waals surface area contributed by atoms with Crippen molar-refractivity contribution < 1.29 is 80.3 Å². The van der Waals surface area contributed by atoms with Gasteiger partial charge in [0.2, 0.25) is 12.3 Å². The van der Waals surface area contributed by atoms with E-state index in [0.717, 1.165) is 23.5 Å². The van der Waals surface area contributed by atoms with Gasteiger partial charge in [0, 0.05) is 5.56 Å². The van der Waals surface area contributed by atoms with Gasteiger partial charge in [0.15, 0.2) is 19.2 Å². The fourth-order valence-corrected chi connectivity index (χ4v) is 8.61.